The number of carbonyl (C=O) groups excluding carboxylic acids is 1. The Morgan fingerprint density at radius 3 is 2.37 bits per heavy atom. The van der Waals surface area contributed by atoms with Crippen molar-refractivity contribution in [3.05, 3.63) is 50.9 Å². The molecule has 0 aliphatic rings. The maximum Gasteiger partial charge on any atom is 0.262 e. The third kappa shape index (κ3) is 6.36. The second kappa shape index (κ2) is 9.25. The number of hydrogen-bond acceptors (Lipinski definition) is 4. The lowest BCUT2D eigenvalue weighted by Crippen LogP contribution is -2.30. The van der Waals surface area contributed by atoms with Crippen molar-refractivity contribution in [3.8, 4) is 5.75 Å². The van der Waals surface area contributed by atoms with Gasteiger partial charge < -0.3 is 10.1 Å². The molecule has 27 heavy (non-hydrogen) atoms. The SMILES string of the molecule is CC(C)NS(=O)(=O)c1ccc(NC(=O)COc2c(Cl)cc(Cl)cc2Br)cc1. The molecule has 0 unspecified atom stereocenters. The van der Waals surface area contributed by atoms with Crippen molar-refractivity contribution >= 4 is 60.7 Å². The van der Waals surface area contributed by atoms with Crippen LogP contribution in [0.4, 0.5) is 5.69 Å². The average Bonchev–Trinajstić information content (AvgIpc) is 2.53. The lowest BCUT2D eigenvalue weighted by Gasteiger charge is -2.12. The third-order valence-electron chi connectivity index (χ3n) is 3.15. The number of amides is 1. The summed E-state index contributed by atoms with van der Waals surface area (Å²) in [4.78, 5) is 12.2. The van der Waals surface area contributed by atoms with Crippen molar-refractivity contribution in [2.75, 3.05) is 11.9 Å². The molecule has 1 amide bonds. The highest BCUT2D eigenvalue weighted by atomic mass is 79.9. The van der Waals surface area contributed by atoms with Gasteiger partial charge in [-0.05, 0) is 66.2 Å². The molecule has 6 nitrogen and oxygen atoms in total. The Morgan fingerprint density at radius 2 is 1.81 bits per heavy atom. The topological polar surface area (TPSA) is 84.5 Å². The highest BCUT2D eigenvalue weighted by Crippen LogP contribution is 2.36. The van der Waals surface area contributed by atoms with E-state index in [1.54, 1.807) is 19.9 Å². The second-order valence-corrected chi connectivity index (χ2v) is 9.25. The Labute approximate surface area is 176 Å². The van der Waals surface area contributed by atoms with Gasteiger partial charge in [0.05, 0.1) is 14.4 Å². The summed E-state index contributed by atoms with van der Waals surface area (Å²) in [7, 11) is -3.58. The average molecular weight is 496 g/mol. The van der Waals surface area contributed by atoms with Gasteiger partial charge in [0.2, 0.25) is 10.0 Å². The fraction of sp³-hybridized carbons (Fsp3) is 0.235. The van der Waals surface area contributed by atoms with Gasteiger partial charge in [0.15, 0.2) is 12.4 Å². The van der Waals surface area contributed by atoms with E-state index in [1.807, 2.05) is 0 Å². The number of nitrogens with one attached hydrogen (secondary N) is 2. The van der Waals surface area contributed by atoms with Crippen LogP contribution in [0.3, 0.4) is 0 Å². The summed E-state index contributed by atoms with van der Waals surface area (Å²) in [6.45, 7) is 3.18. The van der Waals surface area contributed by atoms with E-state index in [2.05, 4.69) is 26.0 Å². The predicted octanol–water partition coefficient (Wildman–Crippen LogP) is 4.46. The second-order valence-electron chi connectivity index (χ2n) is 5.84. The highest BCUT2D eigenvalue weighted by molar-refractivity contribution is 9.10. The zero-order valence-electron chi connectivity index (χ0n) is 14.4. The molecule has 0 aliphatic heterocycles. The molecule has 0 heterocycles. The molecular formula is C17H17BrCl2N2O4S. The van der Waals surface area contributed by atoms with Crippen LogP contribution in [-0.2, 0) is 14.8 Å². The molecule has 0 aliphatic carbocycles. The van der Waals surface area contributed by atoms with Crippen molar-refractivity contribution in [2.24, 2.45) is 0 Å². The summed E-state index contributed by atoms with van der Waals surface area (Å²) in [5.41, 5.74) is 0.438. The maximum absolute atomic E-state index is 12.1. The van der Waals surface area contributed by atoms with E-state index in [-0.39, 0.29) is 22.6 Å². The van der Waals surface area contributed by atoms with Crippen LogP contribution < -0.4 is 14.8 Å². The summed E-state index contributed by atoms with van der Waals surface area (Å²) in [6, 6.07) is 8.71. The zero-order valence-corrected chi connectivity index (χ0v) is 18.3. The minimum absolute atomic E-state index is 0.113. The molecule has 10 heteroatoms. The van der Waals surface area contributed by atoms with Crippen molar-refractivity contribution in [1.82, 2.24) is 4.72 Å². The number of anilines is 1. The normalized spacial score (nSPS) is 11.5. The molecule has 146 valence electrons. The van der Waals surface area contributed by atoms with E-state index < -0.39 is 15.9 Å². The molecule has 2 aromatic carbocycles. The summed E-state index contributed by atoms with van der Waals surface area (Å²) in [5, 5.41) is 3.33. The van der Waals surface area contributed by atoms with Crippen LogP contribution in [0, 0.1) is 0 Å². The lowest BCUT2D eigenvalue weighted by atomic mass is 10.3. The van der Waals surface area contributed by atoms with Crippen LogP contribution in [0.1, 0.15) is 13.8 Å². The monoisotopic (exact) mass is 494 g/mol. The van der Waals surface area contributed by atoms with E-state index in [0.29, 0.717) is 20.9 Å². The number of benzene rings is 2. The lowest BCUT2D eigenvalue weighted by molar-refractivity contribution is -0.118. The quantitative estimate of drug-likeness (QED) is 0.593. The first-order valence-electron chi connectivity index (χ1n) is 7.78. The maximum atomic E-state index is 12.1. The van der Waals surface area contributed by atoms with E-state index in [0.717, 1.165) is 0 Å². The van der Waals surface area contributed by atoms with E-state index >= 15 is 0 Å². The molecule has 0 radical (unpaired) electrons. The number of rotatable bonds is 7. The number of sulfonamides is 1. The molecule has 2 N–H and O–H groups in total. The molecule has 2 aromatic rings. The summed E-state index contributed by atoms with van der Waals surface area (Å²) in [5.74, 6) is -0.124. The molecule has 2 rings (SSSR count). The first-order valence-corrected chi connectivity index (χ1v) is 10.8. The minimum atomic E-state index is -3.58. The molecule has 0 bridgehead atoms. The van der Waals surface area contributed by atoms with Gasteiger partial charge in [0.1, 0.15) is 0 Å². The number of hydrogen-bond donors (Lipinski definition) is 2. The Kier molecular flexibility index (Phi) is 7.53. The molecule has 0 saturated heterocycles. The van der Waals surface area contributed by atoms with Crippen LogP contribution in [0.25, 0.3) is 0 Å². The van der Waals surface area contributed by atoms with Crippen LogP contribution in [0.15, 0.2) is 45.8 Å². The number of halogens is 3. The highest BCUT2D eigenvalue weighted by Gasteiger charge is 2.15. The number of carbonyl (C=O) groups is 1. The van der Waals surface area contributed by atoms with Gasteiger partial charge in [0, 0.05) is 16.8 Å². The van der Waals surface area contributed by atoms with E-state index in [9.17, 15) is 13.2 Å². The number of ether oxygens (including phenoxy) is 1. The smallest absolute Gasteiger partial charge is 0.262 e. The molecule has 0 fully saturated rings. The Morgan fingerprint density at radius 1 is 1.19 bits per heavy atom. The van der Waals surface area contributed by atoms with Crippen molar-refractivity contribution in [1.29, 1.82) is 0 Å². The van der Waals surface area contributed by atoms with Gasteiger partial charge in [0.25, 0.3) is 5.91 Å². The van der Waals surface area contributed by atoms with E-state index in [1.165, 1.54) is 30.3 Å². The molecule has 0 saturated carbocycles. The van der Waals surface area contributed by atoms with Crippen molar-refractivity contribution in [2.45, 2.75) is 24.8 Å². The van der Waals surface area contributed by atoms with Crippen LogP contribution in [-0.4, -0.2) is 27.0 Å². The van der Waals surface area contributed by atoms with Crippen molar-refractivity contribution in [3.63, 3.8) is 0 Å². The van der Waals surface area contributed by atoms with Crippen LogP contribution in [0.2, 0.25) is 10.0 Å². The summed E-state index contributed by atoms with van der Waals surface area (Å²) in [6.07, 6.45) is 0. The standard InChI is InChI=1S/C17H17BrCl2N2O4S/c1-10(2)22-27(24,25)13-5-3-12(4-6-13)21-16(23)9-26-17-14(18)7-11(19)8-15(17)20/h3-8,10,22H,9H2,1-2H3,(H,21,23). The Balaban J connectivity index is 1.99. The third-order valence-corrected chi connectivity index (χ3v) is 5.91. The fourth-order valence-electron chi connectivity index (χ4n) is 2.10. The van der Waals surface area contributed by atoms with Gasteiger partial charge >= 0.3 is 0 Å². The van der Waals surface area contributed by atoms with Gasteiger partial charge in [-0.1, -0.05) is 23.2 Å². The first-order chi connectivity index (χ1) is 12.6. The minimum Gasteiger partial charge on any atom is -0.481 e. The Hall–Kier alpha value is -1.32. The first kappa shape index (κ1) is 22.0. The summed E-state index contributed by atoms with van der Waals surface area (Å²) >= 11 is 15.2. The molecule has 0 spiro atoms. The van der Waals surface area contributed by atoms with Gasteiger partial charge in [-0.2, -0.15) is 0 Å². The molecule has 0 atom stereocenters. The van der Waals surface area contributed by atoms with Crippen LogP contribution >= 0.6 is 39.1 Å². The van der Waals surface area contributed by atoms with Gasteiger partial charge in [-0.25, -0.2) is 13.1 Å². The largest absolute Gasteiger partial charge is 0.481 e. The molecular weight excluding hydrogens is 479 g/mol. The zero-order chi connectivity index (χ0) is 20.2. The van der Waals surface area contributed by atoms with Crippen LogP contribution in [0.5, 0.6) is 5.75 Å². The fourth-order valence-corrected chi connectivity index (χ4v) is 4.72. The van der Waals surface area contributed by atoms with Gasteiger partial charge in [-0.15, -0.1) is 0 Å². The molecule has 0 aromatic heterocycles. The van der Waals surface area contributed by atoms with Crippen molar-refractivity contribution < 1.29 is 17.9 Å². The summed E-state index contributed by atoms with van der Waals surface area (Å²) < 4.78 is 32.6. The Bertz CT molecular complexity index is 911. The van der Waals surface area contributed by atoms with E-state index in [4.69, 9.17) is 27.9 Å². The predicted molar refractivity (Wildman–Crippen MR) is 110 cm³/mol. The van der Waals surface area contributed by atoms with Gasteiger partial charge in [-0.3, -0.25) is 4.79 Å².